The lowest BCUT2D eigenvalue weighted by atomic mass is 9.95. The first kappa shape index (κ1) is 18.2. The molecular formula is C20H26N4O2. The van der Waals surface area contributed by atoms with Gasteiger partial charge in [0, 0.05) is 24.8 Å². The lowest BCUT2D eigenvalue weighted by molar-refractivity contribution is -0.121. The number of likely N-dealkylation sites (tertiary alicyclic amines) is 1. The van der Waals surface area contributed by atoms with Crippen molar-refractivity contribution in [3.05, 3.63) is 29.8 Å². The standard InChI is InChI=1S/C20H26N4O2/c21-13-15-8-10-18(11-9-15)22-19(25)16-5-4-12-24(14-16)20(26)23-17-6-2-1-3-7-17/h8-11,16-17H,1-7,12,14H2,(H,22,25)(H,23,26)/t16-/m1/s1. The molecule has 2 fully saturated rings. The van der Waals surface area contributed by atoms with Crippen LogP contribution in [0.2, 0.25) is 0 Å². The van der Waals surface area contributed by atoms with E-state index in [1.54, 1.807) is 29.2 Å². The van der Waals surface area contributed by atoms with Gasteiger partial charge in [-0.15, -0.1) is 0 Å². The first-order chi connectivity index (χ1) is 12.7. The monoisotopic (exact) mass is 354 g/mol. The van der Waals surface area contributed by atoms with Crippen LogP contribution in [0.1, 0.15) is 50.5 Å². The molecule has 1 aliphatic heterocycles. The van der Waals surface area contributed by atoms with E-state index in [1.165, 1.54) is 19.3 Å². The Morgan fingerprint density at radius 3 is 2.46 bits per heavy atom. The van der Waals surface area contributed by atoms with Crippen LogP contribution in [0, 0.1) is 17.2 Å². The Hall–Kier alpha value is -2.55. The number of amides is 3. The number of carbonyl (C=O) groups excluding carboxylic acids is 2. The molecule has 6 heteroatoms. The van der Waals surface area contributed by atoms with Gasteiger partial charge in [0.15, 0.2) is 0 Å². The molecule has 1 saturated heterocycles. The number of nitrogens with zero attached hydrogens (tertiary/aromatic N) is 2. The molecule has 0 unspecified atom stereocenters. The fourth-order valence-electron chi connectivity index (χ4n) is 3.76. The summed E-state index contributed by atoms with van der Waals surface area (Å²) in [6.45, 7) is 1.17. The second-order valence-electron chi connectivity index (χ2n) is 7.25. The van der Waals surface area contributed by atoms with Gasteiger partial charge in [0.1, 0.15) is 0 Å². The summed E-state index contributed by atoms with van der Waals surface area (Å²) >= 11 is 0. The molecule has 2 N–H and O–H groups in total. The van der Waals surface area contributed by atoms with E-state index in [-0.39, 0.29) is 23.9 Å². The highest BCUT2D eigenvalue weighted by Crippen LogP contribution is 2.21. The van der Waals surface area contributed by atoms with Crippen LogP contribution in [0.25, 0.3) is 0 Å². The van der Waals surface area contributed by atoms with E-state index in [4.69, 9.17) is 5.26 Å². The number of anilines is 1. The average molecular weight is 354 g/mol. The number of nitrogens with one attached hydrogen (secondary N) is 2. The van der Waals surface area contributed by atoms with Crippen LogP contribution in [-0.2, 0) is 4.79 Å². The highest BCUT2D eigenvalue weighted by molar-refractivity contribution is 5.93. The van der Waals surface area contributed by atoms with Crippen molar-refractivity contribution >= 4 is 17.6 Å². The lowest BCUT2D eigenvalue weighted by Crippen LogP contribution is -2.50. The zero-order chi connectivity index (χ0) is 18.4. The van der Waals surface area contributed by atoms with E-state index in [9.17, 15) is 9.59 Å². The molecular weight excluding hydrogens is 328 g/mol. The molecule has 1 saturated carbocycles. The molecule has 3 rings (SSSR count). The summed E-state index contributed by atoms with van der Waals surface area (Å²) in [5.74, 6) is -0.263. The molecule has 1 atom stereocenters. The molecule has 2 aliphatic rings. The number of urea groups is 1. The zero-order valence-corrected chi connectivity index (χ0v) is 15.0. The summed E-state index contributed by atoms with van der Waals surface area (Å²) < 4.78 is 0. The van der Waals surface area contributed by atoms with Gasteiger partial charge in [-0.2, -0.15) is 5.26 Å². The van der Waals surface area contributed by atoms with Gasteiger partial charge in [-0.25, -0.2) is 4.79 Å². The summed E-state index contributed by atoms with van der Waals surface area (Å²) in [6, 6.07) is 9.13. The Labute approximate surface area is 154 Å². The molecule has 0 spiro atoms. The van der Waals surface area contributed by atoms with Crippen LogP contribution in [0.5, 0.6) is 0 Å². The van der Waals surface area contributed by atoms with Crippen LogP contribution < -0.4 is 10.6 Å². The SMILES string of the molecule is N#Cc1ccc(NC(=O)[C@@H]2CCCN(C(=O)NC3CCCCC3)C2)cc1. The molecule has 26 heavy (non-hydrogen) atoms. The molecule has 1 aliphatic carbocycles. The molecule has 1 heterocycles. The number of hydrogen-bond donors (Lipinski definition) is 2. The molecule has 0 aromatic heterocycles. The quantitative estimate of drug-likeness (QED) is 0.874. The van der Waals surface area contributed by atoms with Crippen molar-refractivity contribution in [3.8, 4) is 6.07 Å². The highest BCUT2D eigenvalue weighted by atomic mass is 16.2. The maximum atomic E-state index is 12.5. The Morgan fingerprint density at radius 2 is 1.77 bits per heavy atom. The predicted octanol–water partition coefficient (Wildman–Crippen LogP) is 3.25. The smallest absolute Gasteiger partial charge is 0.317 e. The fourth-order valence-corrected chi connectivity index (χ4v) is 3.76. The van der Waals surface area contributed by atoms with Gasteiger partial charge in [0.25, 0.3) is 0 Å². The van der Waals surface area contributed by atoms with E-state index in [2.05, 4.69) is 16.7 Å². The van der Waals surface area contributed by atoms with Crippen molar-refractivity contribution in [1.29, 1.82) is 5.26 Å². The van der Waals surface area contributed by atoms with Gasteiger partial charge in [0.2, 0.25) is 5.91 Å². The first-order valence-corrected chi connectivity index (χ1v) is 9.52. The zero-order valence-electron chi connectivity index (χ0n) is 15.0. The summed E-state index contributed by atoms with van der Waals surface area (Å²) in [5.41, 5.74) is 1.24. The van der Waals surface area contributed by atoms with E-state index < -0.39 is 0 Å². The van der Waals surface area contributed by atoms with Crippen molar-refractivity contribution < 1.29 is 9.59 Å². The van der Waals surface area contributed by atoms with Gasteiger partial charge in [-0.1, -0.05) is 19.3 Å². The minimum atomic E-state index is -0.198. The van der Waals surface area contributed by atoms with E-state index in [1.807, 2.05) is 0 Å². The van der Waals surface area contributed by atoms with Gasteiger partial charge in [-0.05, 0) is 49.9 Å². The third-order valence-corrected chi connectivity index (χ3v) is 5.29. The molecule has 3 amide bonds. The van der Waals surface area contributed by atoms with Crippen molar-refractivity contribution in [2.75, 3.05) is 18.4 Å². The third kappa shape index (κ3) is 4.75. The summed E-state index contributed by atoms with van der Waals surface area (Å²) in [5, 5.41) is 14.9. The minimum Gasteiger partial charge on any atom is -0.335 e. The third-order valence-electron chi connectivity index (χ3n) is 5.29. The number of benzene rings is 1. The largest absolute Gasteiger partial charge is 0.335 e. The second-order valence-corrected chi connectivity index (χ2v) is 7.25. The maximum Gasteiger partial charge on any atom is 0.317 e. The molecule has 138 valence electrons. The lowest BCUT2D eigenvalue weighted by Gasteiger charge is -2.34. The van der Waals surface area contributed by atoms with Gasteiger partial charge in [-0.3, -0.25) is 4.79 Å². The Bertz CT molecular complexity index is 674. The van der Waals surface area contributed by atoms with Gasteiger partial charge < -0.3 is 15.5 Å². The second kappa shape index (κ2) is 8.70. The number of nitriles is 1. The number of hydrogen-bond acceptors (Lipinski definition) is 3. The van der Waals surface area contributed by atoms with Crippen LogP contribution in [0.4, 0.5) is 10.5 Å². The Kier molecular flexibility index (Phi) is 6.11. The normalized spacial score (nSPS) is 20.9. The average Bonchev–Trinajstić information content (AvgIpc) is 2.69. The minimum absolute atomic E-state index is 0.0345. The number of rotatable bonds is 3. The summed E-state index contributed by atoms with van der Waals surface area (Å²) in [7, 11) is 0. The summed E-state index contributed by atoms with van der Waals surface area (Å²) in [6.07, 6.45) is 7.36. The molecule has 1 aromatic carbocycles. The van der Waals surface area contributed by atoms with Crippen LogP contribution in [0.15, 0.2) is 24.3 Å². The van der Waals surface area contributed by atoms with E-state index >= 15 is 0 Å². The van der Waals surface area contributed by atoms with Crippen molar-refractivity contribution in [2.24, 2.45) is 5.92 Å². The highest BCUT2D eigenvalue weighted by Gasteiger charge is 2.29. The van der Waals surface area contributed by atoms with Crippen LogP contribution in [0.3, 0.4) is 0 Å². The topological polar surface area (TPSA) is 85.2 Å². The first-order valence-electron chi connectivity index (χ1n) is 9.52. The summed E-state index contributed by atoms with van der Waals surface area (Å²) in [4.78, 5) is 26.8. The van der Waals surface area contributed by atoms with Crippen molar-refractivity contribution in [2.45, 2.75) is 51.0 Å². The molecule has 1 aromatic rings. The van der Waals surface area contributed by atoms with Crippen LogP contribution >= 0.6 is 0 Å². The maximum absolute atomic E-state index is 12.5. The van der Waals surface area contributed by atoms with E-state index in [0.717, 1.165) is 25.7 Å². The Morgan fingerprint density at radius 1 is 1.04 bits per heavy atom. The van der Waals surface area contributed by atoms with Gasteiger partial charge >= 0.3 is 6.03 Å². The van der Waals surface area contributed by atoms with Gasteiger partial charge in [0.05, 0.1) is 17.6 Å². The fraction of sp³-hybridized carbons (Fsp3) is 0.550. The number of piperidine rings is 1. The molecule has 0 radical (unpaired) electrons. The van der Waals surface area contributed by atoms with E-state index in [0.29, 0.717) is 24.3 Å². The van der Waals surface area contributed by atoms with Crippen molar-refractivity contribution in [1.82, 2.24) is 10.2 Å². The molecule has 6 nitrogen and oxygen atoms in total. The number of carbonyl (C=O) groups is 2. The van der Waals surface area contributed by atoms with Crippen LogP contribution in [-0.4, -0.2) is 36.0 Å². The van der Waals surface area contributed by atoms with Crippen molar-refractivity contribution in [3.63, 3.8) is 0 Å². The predicted molar refractivity (Wildman–Crippen MR) is 99.5 cm³/mol. The molecule has 0 bridgehead atoms. The Balaban J connectivity index is 1.52.